The molecule has 3 heteroatoms. The molecule has 0 aliphatic heterocycles. The van der Waals surface area contributed by atoms with Crippen LogP contribution >= 0.6 is 0 Å². The number of para-hydroxylation sites is 3. The number of fused-ring (bicyclic) bond motifs is 6. The van der Waals surface area contributed by atoms with Gasteiger partial charge in [0.15, 0.2) is 8.07 Å². The van der Waals surface area contributed by atoms with E-state index in [0.717, 1.165) is 11.4 Å². The maximum Gasteiger partial charge on any atom is 0.179 e. The molecule has 0 amide bonds. The van der Waals surface area contributed by atoms with Gasteiger partial charge in [-0.3, -0.25) is 0 Å². The smallest absolute Gasteiger partial charge is 0.179 e. The number of rotatable bonds is 7. The Bertz CT molecular complexity index is 3080. The summed E-state index contributed by atoms with van der Waals surface area (Å²) in [5.74, 6) is 0. The van der Waals surface area contributed by atoms with E-state index in [1.165, 1.54) is 75.5 Å². The van der Waals surface area contributed by atoms with Crippen LogP contribution in [0.2, 0.25) is 0 Å². The van der Waals surface area contributed by atoms with Gasteiger partial charge in [0, 0.05) is 32.9 Å². The topological polar surface area (TPSA) is 9.86 Å². The van der Waals surface area contributed by atoms with Crippen molar-refractivity contribution in [2.24, 2.45) is 0 Å². The van der Waals surface area contributed by atoms with Gasteiger partial charge in [-0.15, -0.1) is 0 Å². The van der Waals surface area contributed by atoms with Crippen LogP contribution in [0.5, 0.6) is 0 Å². The van der Waals surface area contributed by atoms with Crippen LogP contribution in [0.25, 0.3) is 66.1 Å². The highest BCUT2D eigenvalue weighted by atomic mass is 28.3. The fourth-order valence-electron chi connectivity index (χ4n) is 9.40. The highest BCUT2D eigenvalue weighted by Gasteiger charge is 2.41. The van der Waals surface area contributed by atoms with Gasteiger partial charge in [-0.2, -0.15) is 0 Å². The maximum absolute atomic E-state index is 2.70. The summed E-state index contributed by atoms with van der Waals surface area (Å²) < 4.78 is 4.85. The van der Waals surface area contributed by atoms with Crippen molar-refractivity contribution >= 4 is 72.4 Å². The van der Waals surface area contributed by atoms with Gasteiger partial charge in [0.25, 0.3) is 0 Å². The summed E-state index contributed by atoms with van der Waals surface area (Å²) in [6.07, 6.45) is 0. The molecule has 0 aliphatic rings. The minimum atomic E-state index is -2.70. The Morgan fingerprint density at radius 1 is 0.246 bits per heavy atom. The molecule has 0 fully saturated rings. The van der Waals surface area contributed by atoms with Gasteiger partial charge >= 0.3 is 0 Å². The first kappa shape index (κ1) is 33.2. The molecule has 0 spiro atoms. The summed E-state index contributed by atoms with van der Waals surface area (Å²) in [6.45, 7) is 0. The van der Waals surface area contributed by atoms with E-state index in [4.69, 9.17) is 0 Å². The van der Waals surface area contributed by atoms with Crippen molar-refractivity contribution < 1.29 is 0 Å². The lowest BCUT2D eigenvalue weighted by Gasteiger charge is -2.34. The van der Waals surface area contributed by atoms with Gasteiger partial charge in [-0.25, -0.2) is 0 Å². The lowest BCUT2D eigenvalue weighted by atomic mass is 10.0. The number of hydrogen-bond acceptors (Lipinski definition) is 0. The van der Waals surface area contributed by atoms with Gasteiger partial charge in [0.05, 0.1) is 22.1 Å². The average molecular weight is 743 g/mol. The van der Waals surface area contributed by atoms with E-state index in [-0.39, 0.29) is 0 Å². The minimum Gasteiger partial charge on any atom is -0.309 e. The maximum atomic E-state index is 2.51. The van der Waals surface area contributed by atoms with Crippen LogP contribution in [0, 0.1) is 0 Å². The molecule has 57 heavy (non-hydrogen) atoms. The summed E-state index contributed by atoms with van der Waals surface area (Å²) in [5, 5.41) is 10.6. The Balaban J connectivity index is 1.09. The lowest BCUT2D eigenvalue weighted by molar-refractivity contribution is 1.17. The highest BCUT2D eigenvalue weighted by Crippen LogP contribution is 2.36. The van der Waals surface area contributed by atoms with Gasteiger partial charge in [-0.05, 0) is 80.4 Å². The van der Waals surface area contributed by atoms with Crippen LogP contribution in [0.4, 0.5) is 0 Å². The molecule has 0 saturated heterocycles. The predicted molar refractivity (Wildman–Crippen MR) is 244 cm³/mol. The monoisotopic (exact) mass is 742 g/mol. The van der Waals surface area contributed by atoms with E-state index in [1.54, 1.807) is 0 Å². The number of hydrogen-bond donors (Lipinski definition) is 0. The van der Waals surface area contributed by atoms with E-state index in [1.807, 2.05) is 0 Å². The standard InChI is InChI=1S/C54H38N2Si/c1-4-22-43(23-5-1)57(44-24-6-2-7-25-44,45-26-8-3-9-27-45)46-34-35-54-50(38-46)49-30-12-15-33-53(49)56(54)42-21-17-19-40(37-42)39-18-16-20-41(36-39)55-51-31-13-10-28-47(51)48-29-11-14-32-52(48)55/h1-38H. The molecule has 0 aliphatic carbocycles. The fraction of sp³-hybridized carbons (Fsp3) is 0. The summed E-state index contributed by atoms with van der Waals surface area (Å²) in [6, 6.07) is 85.2. The molecule has 268 valence electrons. The first-order chi connectivity index (χ1) is 28.3. The van der Waals surface area contributed by atoms with Crippen LogP contribution in [0.1, 0.15) is 0 Å². The van der Waals surface area contributed by atoms with Gasteiger partial charge < -0.3 is 9.13 Å². The molecule has 0 bridgehead atoms. The molecule has 2 heterocycles. The third kappa shape index (κ3) is 5.24. The molecule has 2 aromatic heterocycles. The van der Waals surface area contributed by atoms with Crippen LogP contribution < -0.4 is 20.7 Å². The average Bonchev–Trinajstić information content (AvgIpc) is 3.81. The third-order valence-corrected chi connectivity index (χ3v) is 16.6. The van der Waals surface area contributed by atoms with Crippen LogP contribution in [-0.2, 0) is 0 Å². The lowest BCUT2D eigenvalue weighted by Crippen LogP contribution is -2.74. The molecule has 11 aromatic rings. The SMILES string of the molecule is c1ccc([Si](c2ccccc2)(c2ccccc2)c2ccc3c(c2)c2ccccc2n3-c2cccc(-c3cccc(-n4c5ccccc5c5ccccc54)c3)c2)cc1. The van der Waals surface area contributed by atoms with E-state index in [9.17, 15) is 0 Å². The fourth-order valence-corrected chi connectivity index (χ4v) is 14.2. The number of benzene rings is 9. The third-order valence-electron chi connectivity index (χ3n) is 11.8. The number of aromatic nitrogens is 2. The van der Waals surface area contributed by atoms with Crippen LogP contribution in [0.3, 0.4) is 0 Å². The highest BCUT2D eigenvalue weighted by molar-refractivity contribution is 7.20. The molecule has 2 nitrogen and oxygen atoms in total. The molecule has 11 rings (SSSR count). The van der Waals surface area contributed by atoms with Crippen LogP contribution in [-0.4, -0.2) is 17.2 Å². The zero-order chi connectivity index (χ0) is 37.8. The Kier molecular flexibility index (Phi) is 7.87. The Morgan fingerprint density at radius 2 is 0.614 bits per heavy atom. The van der Waals surface area contributed by atoms with Crippen molar-refractivity contribution in [1.29, 1.82) is 0 Å². The van der Waals surface area contributed by atoms with Crippen LogP contribution in [0.15, 0.2) is 231 Å². The van der Waals surface area contributed by atoms with Crippen molar-refractivity contribution in [2.45, 2.75) is 0 Å². The van der Waals surface area contributed by atoms with E-state index < -0.39 is 8.07 Å². The second kappa shape index (κ2) is 13.5. The quantitative estimate of drug-likeness (QED) is 0.114. The predicted octanol–water partition coefficient (Wildman–Crippen LogP) is 10.9. The summed E-state index contributed by atoms with van der Waals surface area (Å²) in [7, 11) is -2.70. The van der Waals surface area contributed by atoms with E-state index >= 15 is 0 Å². The van der Waals surface area contributed by atoms with Crippen molar-refractivity contribution in [3.05, 3.63) is 231 Å². The Morgan fingerprint density at radius 3 is 1.05 bits per heavy atom. The van der Waals surface area contributed by atoms with E-state index in [0.29, 0.717) is 0 Å². The minimum absolute atomic E-state index is 1.14. The Labute approximate surface area is 333 Å². The zero-order valence-electron chi connectivity index (χ0n) is 31.3. The zero-order valence-corrected chi connectivity index (χ0v) is 32.3. The molecule has 0 radical (unpaired) electrons. The van der Waals surface area contributed by atoms with Gasteiger partial charge in [-0.1, -0.05) is 182 Å². The summed E-state index contributed by atoms with van der Waals surface area (Å²) in [4.78, 5) is 0. The largest absolute Gasteiger partial charge is 0.309 e. The first-order valence-corrected chi connectivity index (χ1v) is 21.7. The molecule has 0 atom stereocenters. The summed E-state index contributed by atoms with van der Waals surface area (Å²) in [5.41, 5.74) is 9.50. The van der Waals surface area contributed by atoms with Crippen molar-refractivity contribution in [3.8, 4) is 22.5 Å². The second-order valence-corrected chi connectivity index (χ2v) is 18.7. The van der Waals surface area contributed by atoms with E-state index in [2.05, 4.69) is 240 Å². The van der Waals surface area contributed by atoms with Crippen molar-refractivity contribution in [3.63, 3.8) is 0 Å². The first-order valence-electron chi connectivity index (χ1n) is 19.7. The number of nitrogens with zero attached hydrogens (tertiary/aromatic N) is 2. The Hall–Kier alpha value is -7.20. The van der Waals surface area contributed by atoms with Crippen molar-refractivity contribution in [1.82, 2.24) is 9.13 Å². The van der Waals surface area contributed by atoms with Gasteiger partial charge in [0.2, 0.25) is 0 Å². The summed E-state index contributed by atoms with van der Waals surface area (Å²) >= 11 is 0. The molecular formula is C54H38N2Si. The molecular weight excluding hydrogens is 705 g/mol. The molecule has 0 unspecified atom stereocenters. The van der Waals surface area contributed by atoms with Gasteiger partial charge in [0.1, 0.15) is 0 Å². The molecule has 0 saturated carbocycles. The normalized spacial score (nSPS) is 11.9. The second-order valence-electron chi connectivity index (χ2n) is 14.9. The molecule has 0 N–H and O–H groups in total. The van der Waals surface area contributed by atoms with Crippen molar-refractivity contribution in [2.75, 3.05) is 0 Å². The molecule has 9 aromatic carbocycles.